The summed E-state index contributed by atoms with van der Waals surface area (Å²) in [6.07, 6.45) is 5.22. The third kappa shape index (κ3) is 2.14. The van der Waals surface area contributed by atoms with Crippen LogP contribution < -0.4 is 5.32 Å². The molecule has 2 heterocycles. The highest BCUT2D eigenvalue weighted by Crippen LogP contribution is 2.38. The number of aromatic amines is 1. The van der Waals surface area contributed by atoms with Gasteiger partial charge in [-0.2, -0.15) is 0 Å². The topological polar surface area (TPSA) is 82.3 Å². The number of amides is 3. The number of rotatable bonds is 3. The molecule has 1 aromatic rings. The fourth-order valence-corrected chi connectivity index (χ4v) is 3.37. The maximum absolute atomic E-state index is 12.7. The summed E-state index contributed by atoms with van der Waals surface area (Å²) in [5.41, 5.74) is -0.390. The number of H-pyrrole nitrogens is 1. The summed E-state index contributed by atoms with van der Waals surface area (Å²) in [7, 11) is 0. The lowest BCUT2D eigenvalue weighted by Crippen LogP contribution is -2.54. The van der Waals surface area contributed by atoms with Gasteiger partial charge in [0.15, 0.2) is 5.78 Å². The van der Waals surface area contributed by atoms with E-state index in [1.807, 2.05) is 6.92 Å². The molecule has 1 saturated carbocycles. The number of carbonyl (C=O) groups is 3. The van der Waals surface area contributed by atoms with Gasteiger partial charge in [-0.1, -0.05) is 19.8 Å². The molecule has 0 aromatic carbocycles. The van der Waals surface area contributed by atoms with E-state index in [9.17, 15) is 14.4 Å². The number of imide groups is 1. The van der Waals surface area contributed by atoms with E-state index in [4.69, 9.17) is 0 Å². The van der Waals surface area contributed by atoms with Crippen LogP contribution in [0.25, 0.3) is 0 Å². The number of nitrogens with one attached hydrogen (secondary N) is 2. The van der Waals surface area contributed by atoms with E-state index < -0.39 is 11.6 Å². The Morgan fingerprint density at radius 1 is 1.43 bits per heavy atom. The molecule has 2 aliphatic rings. The molecule has 2 atom stereocenters. The van der Waals surface area contributed by atoms with Gasteiger partial charge in [0, 0.05) is 6.20 Å². The maximum atomic E-state index is 12.7. The number of Topliss-reactive ketones (excluding diaryl/α,β-unsaturated/α-hetero) is 1. The van der Waals surface area contributed by atoms with Crippen molar-refractivity contribution in [2.75, 3.05) is 6.54 Å². The Morgan fingerprint density at radius 2 is 2.24 bits per heavy atom. The lowest BCUT2D eigenvalue weighted by molar-refractivity contribution is -0.133. The first-order chi connectivity index (χ1) is 10.0. The molecule has 2 N–H and O–H groups in total. The van der Waals surface area contributed by atoms with E-state index in [0.717, 1.165) is 24.2 Å². The van der Waals surface area contributed by atoms with Crippen molar-refractivity contribution < 1.29 is 14.4 Å². The Morgan fingerprint density at radius 3 is 2.90 bits per heavy atom. The van der Waals surface area contributed by atoms with Gasteiger partial charge < -0.3 is 10.3 Å². The first-order valence-electron chi connectivity index (χ1n) is 7.35. The van der Waals surface area contributed by atoms with Gasteiger partial charge in [0.05, 0.1) is 12.2 Å². The van der Waals surface area contributed by atoms with Crippen molar-refractivity contribution in [2.24, 2.45) is 5.92 Å². The Kier molecular flexibility index (Phi) is 3.31. The zero-order valence-corrected chi connectivity index (χ0v) is 12.0. The Labute approximate surface area is 122 Å². The first kappa shape index (κ1) is 13.9. The van der Waals surface area contributed by atoms with Crippen LogP contribution in [0.4, 0.5) is 4.79 Å². The van der Waals surface area contributed by atoms with Gasteiger partial charge in [-0.3, -0.25) is 14.5 Å². The normalized spacial score (nSPS) is 29.0. The van der Waals surface area contributed by atoms with E-state index in [2.05, 4.69) is 10.3 Å². The Hall–Kier alpha value is -2.11. The average Bonchev–Trinajstić information content (AvgIpc) is 3.06. The van der Waals surface area contributed by atoms with Crippen LogP contribution in [0.3, 0.4) is 0 Å². The molecule has 112 valence electrons. The van der Waals surface area contributed by atoms with E-state index in [0.29, 0.717) is 12.1 Å². The minimum Gasteiger partial charge on any atom is -0.359 e. The molecule has 1 aromatic heterocycles. The lowest BCUT2D eigenvalue weighted by atomic mass is 9.73. The molecular weight excluding hydrogens is 270 g/mol. The van der Waals surface area contributed by atoms with Crippen molar-refractivity contribution in [2.45, 2.75) is 38.1 Å². The summed E-state index contributed by atoms with van der Waals surface area (Å²) in [6, 6.07) is 2.90. The average molecular weight is 289 g/mol. The third-order valence-corrected chi connectivity index (χ3v) is 4.70. The van der Waals surface area contributed by atoms with Crippen molar-refractivity contribution in [3.8, 4) is 0 Å². The second kappa shape index (κ2) is 5.02. The Bertz CT molecular complexity index is 581. The molecule has 1 spiro atoms. The summed E-state index contributed by atoms with van der Waals surface area (Å²) in [4.78, 5) is 40.8. The van der Waals surface area contributed by atoms with Crippen molar-refractivity contribution in [3.05, 3.63) is 24.0 Å². The predicted molar refractivity (Wildman–Crippen MR) is 75.7 cm³/mol. The number of nitrogens with zero attached hydrogens (tertiary/aromatic N) is 1. The van der Waals surface area contributed by atoms with Crippen LogP contribution in [0.1, 0.15) is 43.1 Å². The van der Waals surface area contributed by atoms with Gasteiger partial charge in [0.1, 0.15) is 5.54 Å². The molecule has 1 aliphatic heterocycles. The van der Waals surface area contributed by atoms with Gasteiger partial charge >= 0.3 is 6.03 Å². The largest absolute Gasteiger partial charge is 0.359 e. The minimum absolute atomic E-state index is 0.105. The Balaban J connectivity index is 1.79. The third-order valence-electron chi connectivity index (χ3n) is 4.70. The number of aromatic nitrogens is 1. The lowest BCUT2D eigenvalue weighted by Gasteiger charge is -2.36. The standard InChI is InChI=1S/C15H19N3O3/c1-10-5-2-3-7-15(10)13(20)18(14(21)17-15)9-12(19)11-6-4-8-16-11/h4,6,8,10,16H,2-3,5,7,9H2,1H3,(H,17,21)/t10-,15+/m1/s1. The van der Waals surface area contributed by atoms with E-state index >= 15 is 0 Å². The highest BCUT2D eigenvalue weighted by atomic mass is 16.2. The molecule has 21 heavy (non-hydrogen) atoms. The predicted octanol–water partition coefficient (Wildman–Crippen LogP) is 1.70. The van der Waals surface area contributed by atoms with Crippen LogP contribution in [0.5, 0.6) is 0 Å². The molecule has 6 nitrogen and oxygen atoms in total. The van der Waals surface area contributed by atoms with Crippen molar-refractivity contribution >= 4 is 17.7 Å². The van der Waals surface area contributed by atoms with Crippen molar-refractivity contribution in [1.82, 2.24) is 15.2 Å². The molecule has 1 aliphatic carbocycles. The highest BCUT2D eigenvalue weighted by molar-refractivity contribution is 6.11. The van der Waals surface area contributed by atoms with E-state index in [1.54, 1.807) is 18.3 Å². The van der Waals surface area contributed by atoms with Crippen molar-refractivity contribution in [1.29, 1.82) is 0 Å². The quantitative estimate of drug-likeness (QED) is 0.656. The van der Waals surface area contributed by atoms with Crippen LogP contribution in [0.2, 0.25) is 0 Å². The molecule has 0 bridgehead atoms. The molecule has 2 fully saturated rings. The summed E-state index contributed by atoms with van der Waals surface area (Å²) in [6.45, 7) is 1.79. The summed E-state index contributed by atoms with van der Waals surface area (Å²) in [5.74, 6) is -0.406. The first-order valence-corrected chi connectivity index (χ1v) is 7.35. The monoisotopic (exact) mass is 289 g/mol. The number of ketones is 1. The second-order valence-electron chi connectivity index (χ2n) is 5.95. The molecule has 3 amide bonds. The van der Waals surface area contributed by atoms with Crippen LogP contribution in [0.15, 0.2) is 18.3 Å². The smallest absolute Gasteiger partial charge is 0.325 e. The number of urea groups is 1. The van der Waals surface area contributed by atoms with Crippen LogP contribution in [-0.4, -0.2) is 39.7 Å². The van der Waals surface area contributed by atoms with Crippen LogP contribution >= 0.6 is 0 Å². The van der Waals surface area contributed by atoms with Gasteiger partial charge in [0.2, 0.25) is 0 Å². The van der Waals surface area contributed by atoms with Gasteiger partial charge in [-0.05, 0) is 30.9 Å². The van der Waals surface area contributed by atoms with E-state index in [-0.39, 0.29) is 24.2 Å². The number of hydrogen-bond acceptors (Lipinski definition) is 3. The summed E-state index contributed by atoms with van der Waals surface area (Å²) in [5, 5.41) is 2.84. The van der Waals surface area contributed by atoms with Gasteiger partial charge in [-0.15, -0.1) is 0 Å². The van der Waals surface area contributed by atoms with Gasteiger partial charge in [-0.25, -0.2) is 4.79 Å². The maximum Gasteiger partial charge on any atom is 0.325 e. The van der Waals surface area contributed by atoms with Crippen molar-refractivity contribution in [3.63, 3.8) is 0 Å². The molecular formula is C15H19N3O3. The number of carbonyl (C=O) groups excluding carboxylic acids is 3. The van der Waals surface area contributed by atoms with Gasteiger partial charge in [0.25, 0.3) is 5.91 Å². The molecule has 1 saturated heterocycles. The fraction of sp³-hybridized carbons (Fsp3) is 0.533. The zero-order chi connectivity index (χ0) is 15.0. The SMILES string of the molecule is C[C@@H]1CCCC[C@]12NC(=O)N(CC(=O)c1ccc[nH]1)C2=O. The number of hydrogen-bond donors (Lipinski definition) is 2. The van der Waals surface area contributed by atoms with Crippen LogP contribution in [0, 0.1) is 5.92 Å². The summed E-state index contributed by atoms with van der Waals surface area (Å²) >= 11 is 0. The summed E-state index contributed by atoms with van der Waals surface area (Å²) < 4.78 is 0. The second-order valence-corrected chi connectivity index (χ2v) is 5.95. The van der Waals surface area contributed by atoms with Crippen LogP contribution in [-0.2, 0) is 4.79 Å². The molecule has 0 unspecified atom stereocenters. The molecule has 0 radical (unpaired) electrons. The van der Waals surface area contributed by atoms with E-state index in [1.165, 1.54) is 0 Å². The minimum atomic E-state index is -0.800. The zero-order valence-electron chi connectivity index (χ0n) is 12.0. The molecule has 3 rings (SSSR count). The molecule has 6 heteroatoms. The highest BCUT2D eigenvalue weighted by Gasteiger charge is 2.55. The fourth-order valence-electron chi connectivity index (χ4n) is 3.37.